The Kier molecular flexibility index (Phi) is 5.02. The van der Waals surface area contributed by atoms with Crippen molar-refractivity contribution in [3.8, 4) is 0 Å². The molecule has 0 aromatic heterocycles. The van der Waals surface area contributed by atoms with Gasteiger partial charge in [-0.05, 0) is 19.8 Å². The molecule has 0 aromatic rings. The smallest absolute Gasteiger partial charge is 0.333 e. The van der Waals surface area contributed by atoms with Crippen LogP contribution >= 0.6 is 0 Å². The van der Waals surface area contributed by atoms with Crippen LogP contribution in [0.25, 0.3) is 0 Å². The molecule has 0 atom stereocenters. The SMILES string of the molecule is COC(=O)C(C)=CCN1CCCCCC1=O. The molecule has 90 valence electrons. The minimum Gasteiger partial charge on any atom is -0.466 e. The summed E-state index contributed by atoms with van der Waals surface area (Å²) in [6.07, 6.45) is 5.54. The second-order valence-electron chi connectivity index (χ2n) is 4.03. The molecule has 16 heavy (non-hydrogen) atoms. The van der Waals surface area contributed by atoms with Crippen molar-refractivity contribution >= 4 is 11.9 Å². The lowest BCUT2D eigenvalue weighted by Crippen LogP contribution is -2.30. The molecule has 0 aromatic carbocycles. The molecule has 1 aliphatic rings. The molecule has 0 bridgehead atoms. The van der Waals surface area contributed by atoms with E-state index in [2.05, 4.69) is 4.74 Å². The molecule has 1 fully saturated rings. The van der Waals surface area contributed by atoms with Crippen LogP contribution in [-0.4, -0.2) is 37.0 Å². The number of esters is 1. The molecular formula is C12H19NO3. The predicted molar refractivity (Wildman–Crippen MR) is 60.8 cm³/mol. The summed E-state index contributed by atoms with van der Waals surface area (Å²) in [6, 6.07) is 0. The lowest BCUT2D eigenvalue weighted by molar-refractivity contribution is -0.136. The predicted octanol–water partition coefficient (Wildman–Crippen LogP) is 1.51. The van der Waals surface area contributed by atoms with Gasteiger partial charge in [-0.15, -0.1) is 0 Å². The monoisotopic (exact) mass is 225 g/mol. The number of carbonyl (C=O) groups is 2. The van der Waals surface area contributed by atoms with Crippen molar-refractivity contribution in [1.29, 1.82) is 0 Å². The molecule has 1 amide bonds. The number of rotatable bonds is 3. The maximum atomic E-state index is 11.6. The zero-order valence-corrected chi connectivity index (χ0v) is 9.99. The molecule has 1 rings (SSSR count). The Morgan fingerprint density at radius 2 is 2.19 bits per heavy atom. The molecule has 0 unspecified atom stereocenters. The Morgan fingerprint density at radius 3 is 2.88 bits per heavy atom. The van der Waals surface area contributed by atoms with Gasteiger partial charge in [0.15, 0.2) is 0 Å². The van der Waals surface area contributed by atoms with Gasteiger partial charge < -0.3 is 9.64 Å². The van der Waals surface area contributed by atoms with Crippen LogP contribution in [-0.2, 0) is 14.3 Å². The third-order valence-electron chi connectivity index (χ3n) is 2.80. The third kappa shape index (κ3) is 3.68. The van der Waals surface area contributed by atoms with E-state index in [4.69, 9.17) is 0 Å². The fourth-order valence-corrected chi connectivity index (χ4v) is 1.72. The number of carbonyl (C=O) groups excluding carboxylic acids is 2. The Balaban J connectivity index is 2.52. The van der Waals surface area contributed by atoms with Crippen molar-refractivity contribution in [1.82, 2.24) is 4.90 Å². The number of hydrogen-bond donors (Lipinski definition) is 0. The molecule has 0 saturated carbocycles. The van der Waals surface area contributed by atoms with Crippen LogP contribution in [0.15, 0.2) is 11.6 Å². The molecule has 0 spiro atoms. The zero-order chi connectivity index (χ0) is 12.0. The van der Waals surface area contributed by atoms with Crippen molar-refractivity contribution in [2.24, 2.45) is 0 Å². The van der Waals surface area contributed by atoms with Crippen molar-refractivity contribution in [3.05, 3.63) is 11.6 Å². The first-order valence-electron chi connectivity index (χ1n) is 5.68. The Hall–Kier alpha value is -1.32. The van der Waals surface area contributed by atoms with Crippen LogP contribution in [0.5, 0.6) is 0 Å². The van der Waals surface area contributed by atoms with Gasteiger partial charge in [0, 0.05) is 25.1 Å². The van der Waals surface area contributed by atoms with Gasteiger partial charge in [-0.25, -0.2) is 4.79 Å². The normalized spacial score (nSPS) is 18.2. The number of ether oxygens (including phenoxy) is 1. The highest BCUT2D eigenvalue weighted by atomic mass is 16.5. The lowest BCUT2D eigenvalue weighted by atomic mass is 10.2. The Labute approximate surface area is 96.3 Å². The molecule has 0 radical (unpaired) electrons. The molecule has 4 nitrogen and oxygen atoms in total. The zero-order valence-electron chi connectivity index (χ0n) is 9.99. The van der Waals surface area contributed by atoms with Gasteiger partial charge in [0.2, 0.25) is 5.91 Å². The van der Waals surface area contributed by atoms with Gasteiger partial charge in [0.1, 0.15) is 0 Å². The fraction of sp³-hybridized carbons (Fsp3) is 0.667. The summed E-state index contributed by atoms with van der Waals surface area (Å²) in [5, 5.41) is 0. The van der Waals surface area contributed by atoms with E-state index in [1.165, 1.54) is 7.11 Å². The van der Waals surface area contributed by atoms with Gasteiger partial charge >= 0.3 is 5.97 Å². The number of methoxy groups -OCH3 is 1. The Bertz CT molecular complexity index is 297. The average Bonchev–Trinajstić information content (AvgIpc) is 2.50. The quantitative estimate of drug-likeness (QED) is 0.540. The van der Waals surface area contributed by atoms with E-state index in [1.807, 2.05) is 0 Å². The van der Waals surface area contributed by atoms with Crippen LogP contribution in [0.1, 0.15) is 32.6 Å². The van der Waals surface area contributed by atoms with Crippen LogP contribution in [0.2, 0.25) is 0 Å². The second kappa shape index (κ2) is 6.30. The summed E-state index contributed by atoms with van der Waals surface area (Å²) in [4.78, 5) is 24.6. The minimum atomic E-state index is -0.331. The first-order valence-corrected chi connectivity index (χ1v) is 5.68. The molecular weight excluding hydrogens is 206 g/mol. The van der Waals surface area contributed by atoms with E-state index in [9.17, 15) is 9.59 Å². The summed E-state index contributed by atoms with van der Waals surface area (Å²) < 4.78 is 4.59. The molecule has 0 N–H and O–H groups in total. The summed E-state index contributed by atoms with van der Waals surface area (Å²) >= 11 is 0. The summed E-state index contributed by atoms with van der Waals surface area (Å²) in [5.41, 5.74) is 0.555. The van der Waals surface area contributed by atoms with Crippen molar-refractivity contribution in [2.75, 3.05) is 20.2 Å². The molecule has 0 aliphatic carbocycles. The van der Waals surface area contributed by atoms with Crippen LogP contribution in [0.4, 0.5) is 0 Å². The molecule has 4 heteroatoms. The van der Waals surface area contributed by atoms with E-state index >= 15 is 0 Å². The first kappa shape index (κ1) is 12.7. The number of amides is 1. The van der Waals surface area contributed by atoms with Crippen molar-refractivity contribution < 1.29 is 14.3 Å². The maximum Gasteiger partial charge on any atom is 0.333 e. The van der Waals surface area contributed by atoms with Crippen LogP contribution < -0.4 is 0 Å². The molecule has 1 aliphatic heterocycles. The minimum absolute atomic E-state index is 0.186. The van der Waals surface area contributed by atoms with Gasteiger partial charge in [-0.2, -0.15) is 0 Å². The van der Waals surface area contributed by atoms with E-state index in [0.717, 1.165) is 25.8 Å². The number of nitrogens with zero attached hydrogens (tertiary/aromatic N) is 1. The fourth-order valence-electron chi connectivity index (χ4n) is 1.72. The Morgan fingerprint density at radius 1 is 1.44 bits per heavy atom. The standard InChI is InChI=1S/C12H19NO3/c1-10(12(15)16-2)7-9-13-8-5-3-4-6-11(13)14/h7H,3-6,8-9H2,1-2H3. The van der Waals surface area contributed by atoms with Crippen LogP contribution in [0, 0.1) is 0 Å². The topological polar surface area (TPSA) is 46.6 Å². The van der Waals surface area contributed by atoms with E-state index in [-0.39, 0.29) is 11.9 Å². The van der Waals surface area contributed by atoms with E-state index in [0.29, 0.717) is 18.5 Å². The van der Waals surface area contributed by atoms with E-state index < -0.39 is 0 Å². The molecule has 1 heterocycles. The van der Waals surface area contributed by atoms with Crippen molar-refractivity contribution in [2.45, 2.75) is 32.6 Å². The highest BCUT2D eigenvalue weighted by molar-refractivity contribution is 5.87. The van der Waals surface area contributed by atoms with E-state index in [1.54, 1.807) is 17.9 Å². The number of likely N-dealkylation sites (tertiary alicyclic amines) is 1. The largest absolute Gasteiger partial charge is 0.466 e. The lowest BCUT2D eigenvalue weighted by Gasteiger charge is -2.18. The molecule has 1 saturated heterocycles. The second-order valence-corrected chi connectivity index (χ2v) is 4.03. The van der Waals surface area contributed by atoms with Gasteiger partial charge in [0.25, 0.3) is 0 Å². The average molecular weight is 225 g/mol. The van der Waals surface area contributed by atoms with Gasteiger partial charge in [0.05, 0.1) is 7.11 Å². The van der Waals surface area contributed by atoms with Crippen LogP contribution in [0.3, 0.4) is 0 Å². The van der Waals surface area contributed by atoms with Gasteiger partial charge in [-0.3, -0.25) is 4.79 Å². The van der Waals surface area contributed by atoms with Gasteiger partial charge in [-0.1, -0.05) is 12.5 Å². The summed E-state index contributed by atoms with van der Waals surface area (Å²) in [7, 11) is 1.36. The first-order chi connectivity index (χ1) is 7.65. The maximum absolute atomic E-state index is 11.6. The summed E-state index contributed by atoms with van der Waals surface area (Å²) in [6.45, 7) is 3.01. The summed E-state index contributed by atoms with van der Waals surface area (Å²) in [5.74, 6) is -0.145. The van der Waals surface area contributed by atoms with Crippen molar-refractivity contribution in [3.63, 3.8) is 0 Å². The third-order valence-corrected chi connectivity index (χ3v) is 2.80. The highest BCUT2D eigenvalue weighted by Gasteiger charge is 2.15. The number of hydrogen-bond acceptors (Lipinski definition) is 3. The highest BCUT2D eigenvalue weighted by Crippen LogP contribution is 2.11.